The van der Waals surface area contributed by atoms with E-state index >= 15 is 0 Å². The number of anilines is 1. The monoisotopic (exact) mass is 397 g/mol. The maximum atomic E-state index is 12.6. The van der Waals surface area contributed by atoms with Crippen molar-refractivity contribution in [2.24, 2.45) is 0 Å². The Morgan fingerprint density at radius 1 is 1.30 bits per heavy atom. The Bertz CT molecular complexity index is 983. The third-order valence-electron chi connectivity index (χ3n) is 5.18. The predicted octanol–water partition coefficient (Wildman–Crippen LogP) is 5.42. The lowest BCUT2D eigenvalue weighted by molar-refractivity contribution is -0.113. The minimum Gasteiger partial charge on any atom is -0.325 e. The molecule has 0 saturated carbocycles. The lowest BCUT2D eigenvalue weighted by Crippen LogP contribution is -2.16. The molecule has 1 aliphatic carbocycles. The van der Waals surface area contributed by atoms with Crippen LogP contribution in [0.3, 0.4) is 0 Å². The Kier molecular flexibility index (Phi) is 5.45. The molecule has 0 radical (unpaired) electrons. The van der Waals surface area contributed by atoms with Crippen LogP contribution in [0, 0.1) is 0 Å². The Labute approximate surface area is 167 Å². The number of hydrogen-bond donors (Lipinski definition) is 1. The van der Waals surface area contributed by atoms with Gasteiger partial charge in [0.25, 0.3) is 0 Å². The van der Waals surface area contributed by atoms with Gasteiger partial charge >= 0.3 is 0 Å². The molecule has 1 atom stereocenters. The molecule has 27 heavy (non-hydrogen) atoms. The molecule has 0 bridgehead atoms. The second-order valence-corrected chi connectivity index (χ2v) is 9.00. The fraction of sp³-hybridized carbons (Fsp3) is 0.381. The van der Waals surface area contributed by atoms with Crippen molar-refractivity contribution in [3.63, 3.8) is 0 Å². The Hall–Kier alpha value is -1.92. The van der Waals surface area contributed by atoms with Crippen molar-refractivity contribution >= 4 is 44.9 Å². The molecule has 0 unspecified atom stereocenters. The molecule has 6 heteroatoms. The van der Waals surface area contributed by atoms with Crippen molar-refractivity contribution in [3.05, 3.63) is 46.6 Å². The highest BCUT2D eigenvalue weighted by Gasteiger charge is 2.21. The van der Waals surface area contributed by atoms with E-state index in [1.54, 1.807) is 17.7 Å². The number of nitrogens with zero attached hydrogens (tertiary/aromatic N) is 2. The van der Waals surface area contributed by atoms with E-state index < -0.39 is 0 Å². The average Bonchev–Trinajstić information content (AvgIpc) is 3.27. The van der Waals surface area contributed by atoms with Gasteiger partial charge in [-0.2, -0.15) is 0 Å². The lowest BCUT2D eigenvalue weighted by atomic mass is 9.97. The highest BCUT2D eigenvalue weighted by molar-refractivity contribution is 8.00. The van der Waals surface area contributed by atoms with Crippen LogP contribution in [-0.4, -0.2) is 21.6 Å². The van der Waals surface area contributed by atoms with Crippen LogP contribution in [-0.2, 0) is 17.6 Å². The molecule has 1 N–H and O–H groups in total. The van der Waals surface area contributed by atoms with E-state index in [2.05, 4.69) is 35.2 Å². The Morgan fingerprint density at radius 2 is 2.15 bits per heavy atom. The number of thioether (sulfide) groups is 1. The molecule has 2 aromatic heterocycles. The quantitative estimate of drug-likeness (QED) is 0.445. The maximum Gasteiger partial charge on any atom is 0.234 e. The molecule has 0 aliphatic heterocycles. The van der Waals surface area contributed by atoms with Crippen LogP contribution < -0.4 is 5.32 Å². The standard InChI is InChI=1S/C21H23N3OS2/c1-3-13(2)14-7-4-5-9-16(14)24-18(25)11-26-20-19-15-8-6-10-17(15)27-21(19)23-12-22-20/h4-5,7,9,12-13H,3,6,8,10-11H2,1-2H3,(H,24,25)/t13-/m1/s1. The van der Waals surface area contributed by atoms with E-state index in [0.29, 0.717) is 11.7 Å². The number of aromatic nitrogens is 2. The summed E-state index contributed by atoms with van der Waals surface area (Å²) in [6.07, 6.45) is 6.12. The SMILES string of the molecule is CC[C@@H](C)c1ccccc1NC(=O)CSc1ncnc2sc3c(c12)CCC3. The molecular formula is C21H23N3OS2. The second-order valence-electron chi connectivity index (χ2n) is 6.95. The Balaban J connectivity index is 1.49. The largest absolute Gasteiger partial charge is 0.325 e. The van der Waals surface area contributed by atoms with E-state index in [0.717, 1.165) is 34.8 Å². The first kappa shape index (κ1) is 18.4. The summed E-state index contributed by atoms with van der Waals surface area (Å²) in [5.74, 6) is 0.782. The van der Waals surface area contributed by atoms with Gasteiger partial charge in [-0.25, -0.2) is 9.97 Å². The minimum atomic E-state index is 0.00869. The first-order valence-corrected chi connectivity index (χ1v) is 11.2. The first-order chi connectivity index (χ1) is 13.2. The Morgan fingerprint density at radius 3 is 3.00 bits per heavy atom. The van der Waals surface area contributed by atoms with Crippen LogP contribution in [0.2, 0.25) is 0 Å². The van der Waals surface area contributed by atoms with E-state index in [1.165, 1.54) is 39.6 Å². The van der Waals surface area contributed by atoms with Gasteiger partial charge in [0.15, 0.2) is 0 Å². The zero-order valence-electron chi connectivity index (χ0n) is 15.6. The van der Waals surface area contributed by atoms with Gasteiger partial charge in [-0.05, 0) is 48.8 Å². The number of rotatable bonds is 6. The molecule has 1 aliphatic rings. The summed E-state index contributed by atoms with van der Waals surface area (Å²) in [6.45, 7) is 4.35. The molecule has 3 aromatic rings. The summed E-state index contributed by atoms with van der Waals surface area (Å²) in [6, 6.07) is 8.08. The summed E-state index contributed by atoms with van der Waals surface area (Å²) in [5, 5.41) is 5.20. The van der Waals surface area contributed by atoms with E-state index in [9.17, 15) is 4.79 Å². The number of para-hydroxylation sites is 1. The normalized spacial score (nSPS) is 14.3. The van der Waals surface area contributed by atoms with Crippen LogP contribution >= 0.6 is 23.1 Å². The van der Waals surface area contributed by atoms with Gasteiger partial charge in [0, 0.05) is 16.0 Å². The first-order valence-electron chi connectivity index (χ1n) is 9.44. The number of hydrogen-bond acceptors (Lipinski definition) is 5. The van der Waals surface area contributed by atoms with Crippen LogP contribution in [0.5, 0.6) is 0 Å². The van der Waals surface area contributed by atoms with Crippen molar-refractivity contribution in [1.82, 2.24) is 9.97 Å². The van der Waals surface area contributed by atoms with Crippen molar-refractivity contribution in [1.29, 1.82) is 0 Å². The molecule has 1 aromatic carbocycles. The summed E-state index contributed by atoms with van der Waals surface area (Å²) in [4.78, 5) is 24.0. The van der Waals surface area contributed by atoms with Crippen molar-refractivity contribution < 1.29 is 4.79 Å². The molecule has 2 heterocycles. The zero-order chi connectivity index (χ0) is 18.8. The van der Waals surface area contributed by atoms with Gasteiger partial charge in [0.2, 0.25) is 5.91 Å². The number of amides is 1. The van der Waals surface area contributed by atoms with Gasteiger partial charge < -0.3 is 5.32 Å². The average molecular weight is 398 g/mol. The molecule has 4 nitrogen and oxygen atoms in total. The second kappa shape index (κ2) is 7.98. The number of thiophene rings is 1. The molecule has 4 rings (SSSR count). The predicted molar refractivity (Wildman–Crippen MR) is 114 cm³/mol. The summed E-state index contributed by atoms with van der Waals surface area (Å²) in [5.41, 5.74) is 3.51. The highest BCUT2D eigenvalue weighted by Crippen LogP contribution is 2.40. The third kappa shape index (κ3) is 3.73. The van der Waals surface area contributed by atoms with Gasteiger partial charge in [-0.1, -0.05) is 43.8 Å². The minimum absolute atomic E-state index is 0.00869. The number of carbonyl (C=O) groups is 1. The van der Waals surface area contributed by atoms with Crippen molar-refractivity contribution in [3.8, 4) is 0 Å². The summed E-state index contributed by atoms with van der Waals surface area (Å²) >= 11 is 3.29. The molecule has 1 amide bonds. The van der Waals surface area contributed by atoms with Crippen LogP contribution in [0.4, 0.5) is 5.69 Å². The number of benzene rings is 1. The summed E-state index contributed by atoms with van der Waals surface area (Å²) in [7, 11) is 0. The number of carbonyl (C=O) groups excluding carboxylic acids is 1. The van der Waals surface area contributed by atoms with Crippen LogP contribution in [0.15, 0.2) is 35.6 Å². The maximum absolute atomic E-state index is 12.6. The highest BCUT2D eigenvalue weighted by atomic mass is 32.2. The van der Waals surface area contributed by atoms with Gasteiger partial charge in [-0.15, -0.1) is 11.3 Å². The van der Waals surface area contributed by atoms with E-state index in [1.807, 2.05) is 18.2 Å². The molecular weight excluding hydrogens is 374 g/mol. The van der Waals surface area contributed by atoms with Crippen molar-refractivity contribution in [2.45, 2.75) is 50.5 Å². The molecule has 0 saturated heterocycles. The van der Waals surface area contributed by atoms with Gasteiger partial charge in [-0.3, -0.25) is 4.79 Å². The van der Waals surface area contributed by atoms with Crippen LogP contribution in [0.1, 0.15) is 48.6 Å². The number of aryl methyl sites for hydroxylation is 2. The van der Waals surface area contributed by atoms with Crippen LogP contribution in [0.25, 0.3) is 10.2 Å². The summed E-state index contributed by atoms with van der Waals surface area (Å²) < 4.78 is 0. The van der Waals surface area contributed by atoms with Crippen molar-refractivity contribution in [2.75, 3.05) is 11.1 Å². The molecule has 0 spiro atoms. The number of nitrogens with one attached hydrogen (secondary N) is 1. The number of fused-ring (bicyclic) bond motifs is 3. The van der Waals surface area contributed by atoms with Gasteiger partial charge in [0.1, 0.15) is 16.2 Å². The lowest BCUT2D eigenvalue weighted by Gasteiger charge is -2.15. The smallest absolute Gasteiger partial charge is 0.234 e. The topological polar surface area (TPSA) is 54.9 Å². The van der Waals surface area contributed by atoms with E-state index in [-0.39, 0.29) is 5.91 Å². The molecule has 140 valence electrons. The fourth-order valence-corrected chi connectivity index (χ4v) is 5.71. The fourth-order valence-electron chi connectivity index (χ4n) is 3.59. The van der Waals surface area contributed by atoms with E-state index in [4.69, 9.17) is 0 Å². The molecule has 0 fully saturated rings. The third-order valence-corrected chi connectivity index (χ3v) is 7.37. The zero-order valence-corrected chi connectivity index (χ0v) is 17.3. The van der Waals surface area contributed by atoms with Gasteiger partial charge in [0.05, 0.1) is 5.75 Å².